The van der Waals surface area contributed by atoms with E-state index < -0.39 is 0 Å². The molecule has 5 rings (SSSR count). The van der Waals surface area contributed by atoms with Crippen molar-refractivity contribution in [1.82, 2.24) is 4.90 Å². The van der Waals surface area contributed by atoms with Crippen LogP contribution in [0, 0.1) is 10.5 Å². The van der Waals surface area contributed by atoms with Gasteiger partial charge in [-0.3, -0.25) is 19.3 Å². The Bertz CT molecular complexity index is 1740. The lowest BCUT2D eigenvalue weighted by Crippen LogP contribution is -2.27. The Balaban J connectivity index is 1.30. The number of hydrogen-bond donors (Lipinski definition) is 1. The van der Waals surface area contributed by atoms with Gasteiger partial charge in [0.05, 0.1) is 21.6 Å². The van der Waals surface area contributed by atoms with E-state index in [0.717, 1.165) is 33.7 Å². The van der Waals surface area contributed by atoms with Gasteiger partial charge in [0.1, 0.15) is 0 Å². The Morgan fingerprint density at radius 2 is 1.81 bits per heavy atom. The van der Waals surface area contributed by atoms with Gasteiger partial charge < -0.3 is 14.8 Å². The molecule has 0 radical (unpaired) electrons. The van der Waals surface area contributed by atoms with Crippen molar-refractivity contribution in [3.63, 3.8) is 0 Å². The zero-order valence-corrected chi connectivity index (χ0v) is 26.5. The summed E-state index contributed by atoms with van der Waals surface area (Å²) in [4.78, 5) is 40.1. The number of aryl methyl sites for hydroxylation is 1. The number of benzene rings is 4. The van der Waals surface area contributed by atoms with Crippen LogP contribution in [0.3, 0.4) is 0 Å². The lowest BCUT2D eigenvalue weighted by atomic mass is 10.1. The molecular formula is C32H26ClIN2O5S. The van der Waals surface area contributed by atoms with Crippen LogP contribution in [0.5, 0.6) is 11.5 Å². The smallest absolute Gasteiger partial charge is 0.293 e. The number of carbonyl (C=O) groups is 3. The second-order valence-corrected chi connectivity index (χ2v) is 12.1. The fourth-order valence-electron chi connectivity index (χ4n) is 4.39. The minimum atomic E-state index is -0.350. The van der Waals surface area contributed by atoms with E-state index in [0.29, 0.717) is 42.9 Å². The quantitative estimate of drug-likeness (QED) is 0.140. The van der Waals surface area contributed by atoms with E-state index in [9.17, 15) is 14.4 Å². The monoisotopic (exact) mass is 712 g/mol. The van der Waals surface area contributed by atoms with Crippen LogP contribution in [0.15, 0.2) is 77.7 Å². The summed E-state index contributed by atoms with van der Waals surface area (Å²) < 4.78 is 12.3. The van der Waals surface area contributed by atoms with E-state index in [1.165, 1.54) is 4.90 Å². The van der Waals surface area contributed by atoms with Crippen molar-refractivity contribution in [2.75, 3.05) is 18.5 Å². The summed E-state index contributed by atoms with van der Waals surface area (Å²) in [5.74, 6) is 0.144. The molecule has 7 nitrogen and oxygen atoms in total. The maximum Gasteiger partial charge on any atom is 0.293 e. The summed E-state index contributed by atoms with van der Waals surface area (Å²) in [6.45, 7) is 4.05. The van der Waals surface area contributed by atoms with E-state index in [4.69, 9.17) is 21.1 Å². The normalized spacial score (nSPS) is 14.1. The molecule has 0 saturated carbocycles. The number of nitrogens with one attached hydrogen (secondary N) is 1. The molecule has 1 fully saturated rings. The third kappa shape index (κ3) is 6.91. The lowest BCUT2D eigenvalue weighted by Gasteiger charge is -2.15. The molecular weight excluding hydrogens is 687 g/mol. The third-order valence-electron chi connectivity index (χ3n) is 6.46. The number of nitrogens with zero attached hydrogens (tertiary/aromatic N) is 1. The number of carbonyl (C=O) groups excluding carboxylic acids is 3. The molecule has 1 N–H and O–H groups in total. The van der Waals surface area contributed by atoms with Crippen molar-refractivity contribution in [3.8, 4) is 11.5 Å². The van der Waals surface area contributed by atoms with Gasteiger partial charge in [-0.1, -0.05) is 54.1 Å². The highest BCUT2D eigenvalue weighted by Crippen LogP contribution is 2.38. The lowest BCUT2D eigenvalue weighted by molar-refractivity contribution is -0.123. The van der Waals surface area contributed by atoms with Crippen LogP contribution < -0.4 is 14.8 Å². The van der Waals surface area contributed by atoms with E-state index in [1.807, 2.05) is 68.4 Å². The fraction of sp³-hybridized carbons (Fsp3) is 0.156. The van der Waals surface area contributed by atoms with E-state index in [2.05, 4.69) is 27.9 Å². The SMILES string of the molecule is CCOc1cc(/C=C2\SC(=O)N(Cc3ccc4ccccc4c3)C2=O)cc(I)c1OCC(=O)Nc1ccc(C)c(Cl)c1. The molecule has 10 heteroatoms. The second kappa shape index (κ2) is 13.2. The number of thioether (sulfide) groups is 1. The van der Waals surface area contributed by atoms with Gasteiger partial charge in [0.2, 0.25) is 0 Å². The second-order valence-electron chi connectivity index (χ2n) is 9.51. The van der Waals surface area contributed by atoms with Crippen LogP contribution >= 0.6 is 46.0 Å². The molecule has 1 aliphatic heterocycles. The van der Waals surface area contributed by atoms with Crippen molar-refractivity contribution >= 4 is 85.5 Å². The number of ether oxygens (including phenoxy) is 2. The predicted octanol–water partition coefficient (Wildman–Crippen LogP) is 8.06. The van der Waals surface area contributed by atoms with Gasteiger partial charge >= 0.3 is 0 Å². The first-order valence-electron chi connectivity index (χ1n) is 13.1. The molecule has 0 aliphatic carbocycles. The molecule has 1 saturated heterocycles. The van der Waals surface area contributed by atoms with Crippen LogP contribution in [0.25, 0.3) is 16.8 Å². The first kappa shape index (κ1) is 29.9. The molecule has 1 heterocycles. The van der Waals surface area contributed by atoms with Gasteiger partial charge in [-0.05, 0) is 112 Å². The van der Waals surface area contributed by atoms with Crippen molar-refractivity contribution in [3.05, 3.63) is 103 Å². The summed E-state index contributed by atoms with van der Waals surface area (Å²) in [7, 11) is 0. The van der Waals surface area contributed by atoms with Crippen molar-refractivity contribution in [2.24, 2.45) is 0 Å². The molecule has 0 atom stereocenters. The number of anilines is 1. The maximum absolute atomic E-state index is 13.2. The van der Waals surface area contributed by atoms with E-state index >= 15 is 0 Å². The third-order valence-corrected chi connectivity index (χ3v) is 8.58. The zero-order valence-electron chi connectivity index (χ0n) is 22.8. The molecule has 1 aliphatic rings. The van der Waals surface area contributed by atoms with Gasteiger partial charge in [-0.25, -0.2) is 0 Å². The Labute approximate surface area is 266 Å². The number of halogens is 2. The molecule has 0 spiro atoms. The minimum Gasteiger partial charge on any atom is -0.490 e. The number of hydrogen-bond acceptors (Lipinski definition) is 6. The summed E-state index contributed by atoms with van der Waals surface area (Å²) in [6, 6.07) is 22.7. The van der Waals surface area contributed by atoms with Gasteiger partial charge in [0, 0.05) is 10.7 Å². The molecule has 42 heavy (non-hydrogen) atoms. The highest BCUT2D eigenvalue weighted by atomic mass is 127. The van der Waals surface area contributed by atoms with E-state index in [-0.39, 0.29) is 30.2 Å². The van der Waals surface area contributed by atoms with Crippen LogP contribution in [-0.4, -0.2) is 35.2 Å². The van der Waals surface area contributed by atoms with Gasteiger partial charge in [0.15, 0.2) is 18.1 Å². The molecule has 0 bridgehead atoms. The number of rotatable bonds is 9. The Morgan fingerprint density at radius 3 is 2.57 bits per heavy atom. The largest absolute Gasteiger partial charge is 0.490 e. The predicted molar refractivity (Wildman–Crippen MR) is 176 cm³/mol. The molecule has 0 aromatic heterocycles. The number of fused-ring (bicyclic) bond motifs is 1. The zero-order chi connectivity index (χ0) is 29.8. The van der Waals surface area contributed by atoms with Gasteiger partial charge in [0.25, 0.3) is 17.1 Å². The van der Waals surface area contributed by atoms with Crippen LogP contribution in [0.1, 0.15) is 23.6 Å². The van der Waals surface area contributed by atoms with E-state index in [1.54, 1.807) is 24.3 Å². The first-order chi connectivity index (χ1) is 20.2. The Hall–Kier alpha value is -3.54. The highest BCUT2D eigenvalue weighted by molar-refractivity contribution is 14.1. The topological polar surface area (TPSA) is 84.9 Å². The summed E-state index contributed by atoms with van der Waals surface area (Å²) >= 11 is 9.16. The molecule has 4 aromatic rings. The highest BCUT2D eigenvalue weighted by Gasteiger charge is 2.35. The van der Waals surface area contributed by atoms with Crippen LogP contribution in [-0.2, 0) is 16.1 Å². The average Bonchev–Trinajstić information content (AvgIpc) is 3.22. The molecule has 0 unspecified atom stereocenters. The average molecular weight is 713 g/mol. The van der Waals surface area contributed by atoms with Crippen molar-refractivity contribution in [1.29, 1.82) is 0 Å². The van der Waals surface area contributed by atoms with Crippen molar-refractivity contribution < 1.29 is 23.9 Å². The molecule has 4 aromatic carbocycles. The Morgan fingerprint density at radius 1 is 1.02 bits per heavy atom. The molecule has 214 valence electrons. The first-order valence-corrected chi connectivity index (χ1v) is 15.4. The number of imide groups is 1. The van der Waals surface area contributed by atoms with Crippen LogP contribution in [0.2, 0.25) is 5.02 Å². The fourth-order valence-corrected chi connectivity index (χ4v) is 6.19. The van der Waals surface area contributed by atoms with Gasteiger partial charge in [-0.15, -0.1) is 0 Å². The standard InChI is InChI=1S/C32H26ClIN2O5S/c1-3-40-27-14-21(13-26(34)30(27)41-18-29(37)35-24-11-8-19(2)25(33)16-24)15-28-31(38)36(32(39)42-28)17-20-9-10-22-6-4-5-7-23(22)12-20/h4-16H,3,17-18H2,1-2H3,(H,35,37)/b28-15-. The summed E-state index contributed by atoms with van der Waals surface area (Å²) in [6.07, 6.45) is 1.67. The van der Waals surface area contributed by atoms with Gasteiger partial charge in [-0.2, -0.15) is 0 Å². The summed E-state index contributed by atoms with van der Waals surface area (Å²) in [5, 5.41) is 5.16. The Kier molecular flexibility index (Phi) is 9.40. The minimum absolute atomic E-state index is 0.193. The maximum atomic E-state index is 13.2. The van der Waals surface area contributed by atoms with Crippen molar-refractivity contribution in [2.45, 2.75) is 20.4 Å². The molecule has 3 amide bonds. The van der Waals surface area contributed by atoms with Crippen LogP contribution in [0.4, 0.5) is 10.5 Å². The number of amides is 3. The summed E-state index contributed by atoms with van der Waals surface area (Å²) in [5.41, 5.74) is 3.03.